The number of nitrogens with zero attached hydrogens (tertiary/aromatic N) is 3. The van der Waals surface area contributed by atoms with E-state index in [0.29, 0.717) is 22.8 Å². The molecule has 4 amide bonds. The quantitative estimate of drug-likeness (QED) is 0.711. The van der Waals surface area contributed by atoms with Gasteiger partial charge in [-0.25, -0.2) is 9.78 Å². The molecule has 2 saturated heterocycles. The van der Waals surface area contributed by atoms with Crippen molar-refractivity contribution < 1.29 is 14.4 Å². The summed E-state index contributed by atoms with van der Waals surface area (Å²) in [4.78, 5) is 47.3. The molecule has 0 bridgehead atoms. The molecule has 1 unspecified atom stereocenters. The maximum absolute atomic E-state index is 13.1. The Hall–Kier alpha value is -2.94. The molecule has 0 aromatic carbocycles. The van der Waals surface area contributed by atoms with Crippen molar-refractivity contribution in [2.45, 2.75) is 33.2 Å². The molecule has 2 aliphatic rings. The van der Waals surface area contributed by atoms with Gasteiger partial charge < -0.3 is 15.1 Å². The Morgan fingerprint density at radius 3 is 2.45 bits per heavy atom. The molecule has 2 fully saturated rings. The Balaban J connectivity index is 1.47. The molecule has 9 heteroatoms. The van der Waals surface area contributed by atoms with Gasteiger partial charge in [0.1, 0.15) is 5.82 Å². The number of hydrogen-bond donors (Lipinski definition) is 2. The first-order valence-electron chi connectivity index (χ1n) is 10.4. The molecule has 4 rings (SSSR count). The number of thiophene rings is 1. The van der Waals surface area contributed by atoms with E-state index in [4.69, 9.17) is 0 Å². The second-order valence-corrected chi connectivity index (χ2v) is 9.55. The maximum atomic E-state index is 13.1. The van der Waals surface area contributed by atoms with E-state index in [9.17, 15) is 14.4 Å². The highest BCUT2D eigenvalue weighted by Crippen LogP contribution is 2.37. The van der Waals surface area contributed by atoms with Gasteiger partial charge in [0.15, 0.2) is 5.54 Å². The van der Waals surface area contributed by atoms with Gasteiger partial charge in [-0.2, -0.15) is 0 Å². The molecule has 2 aromatic heterocycles. The topological polar surface area (TPSA) is 94.6 Å². The number of nitrogens with one attached hydrogen (secondary N) is 2. The summed E-state index contributed by atoms with van der Waals surface area (Å²) in [6.45, 7) is 10.5. The molecule has 31 heavy (non-hydrogen) atoms. The second kappa shape index (κ2) is 7.96. The molecule has 2 aliphatic heterocycles. The van der Waals surface area contributed by atoms with E-state index in [-0.39, 0.29) is 17.7 Å². The third kappa shape index (κ3) is 3.67. The Morgan fingerprint density at radius 1 is 1.16 bits per heavy atom. The van der Waals surface area contributed by atoms with E-state index >= 15 is 0 Å². The van der Waals surface area contributed by atoms with Crippen molar-refractivity contribution in [2.75, 3.05) is 31.1 Å². The minimum Gasteiger partial charge on any atom is -0.353 e. The molecule has 0 spiro atoms. The number of imide groups is 1. The van der Waals surface area contributed by atoms with Crippen molar-refractivity contribution in [1.82, 2.24) is 20.5 Å². The minimum absolute atomic E-state index is 0.0480. The Bertz CT molecular complexity index is 1040. The fraction of sp³-hybridized carbons (Fsp3) is 0.455. The molecule has 0 radical (unpaired) electrons. The molecular formula is C22H27N5O3S. The molecular weight excluding hydrogens is 414 g/mol. The van der Waals surface area contributed by atoms with Crippen molar-refractivity contribution >= 4 is 35.0 Å². The van der Waals surface area contributed by atoms with Crippen LogP contribution >= 0.6 is 11.3 Å². The number of carbonyl (C=O) groups is 3. The van der Waals surface area contributed by atoms with Crippen LogP contribution in [0.4, 0.5) is 10.6 Å². The first kappa shape index (κ1) is 21.3. The van der Waals surface area contributed by atoms with Crippen LogP contribution in [0.3, 0.4) is 0 Å². The highest BCUT2D eigenvalue weighted by Gasteiger charge is 2.51. The zero-order valence-corrected chi connectivity index (χ0v) is 19.0. The van der Waals surface area contributed by atoms with Crippen molar-refractivity contribution in [1.29, 1.82) is 0 Å². The fourth-order valence-corrected chi connectivity index (χ4v) is 5.58. The first-order chi connectivity index (χ1) is 14.7. The SMILES string of the molecule is Cc1cnc(N2CCN(C(=O)c3ccc(C4(C(C)C)NC(=O)NC4=O)s3)CC2)c(C)c1. The van der Waals surface area contributed by atoms with Crippen LogP contribution in [0.25, 0.3) is 0 Å². The standard InChI is InChI=1S/C22H27N5O3S/c1-13(2)22(20(29)24-21(30)25-22)17-6-5-16(31-17)19(28)27-9-7-26(8-10-27)18-15(4)11-14(3)12-23-18/h5-6,11-13H,7-10H2,1-4H3,(H2,24,25,29,30). The van der Waals surface area contributed by atoms with Crippen LogP contribution in [-0.2, 0) is 10.3 Å². The number of piperazine rings is 1. The highest BCUT2D eigenvalue weighted by molar-refractivity contribution is 7.14. The van der Waals surface area contributed by atoms with Crippen LogP contribution in [0.1, 0.15) is 39.5 Å². The molecule has 2 aromatic rings. The number of rotatable bonds is 4. The summed E-state index contributed by atoms with van der Waals surface area (Å²) in [6, 6.07) is 5.15. The van der Waals surface area contributed by atoms with Gasteiger partial charge in [0.05, 0.1) is 4.88 Å². The molecule has 4 heterocycles. The van der Waals surface area contributed by atoms with Crippen molar-refractivity contribution in [3.8, 4) is 0 Å². The summed E-state index contributed by atoms with van der Waals surface area (Å²) in [5.74, 6) is 0.392. The van der Waals surface area contributed by atoms with Gasteiger partial charge in [-0.1, -0.05) is 19.9 Å². The van der Waals surface area contributed by atoms with Gasteiger partial charge in [-0.15, -0.1) is 11.3 Å². The molecule has 0 aliphatic carbocycles. The lowest BCUT2D eigenvalue weighted by atomic mass is 9.85. The number of aromatic nitrogens is 1. The van der Waals surface area contributed by atoms with Gasteiger partial charge in [0.2, 0.25) is 0 Å². The normalized spacial score (nSPS) is 21.5. The fourth-order valence-electron chi connectivity index (χ4n) is 4.31. The number of anilines is 1. The van der Waals surface area contributed by atoms with Crippen molar-refractivity contribution in [2.24, 2.45) is 5.92 Å². The van der Waals surface area contributed by atoms with Crippen LogP contribution in [0.15, 0.2) is 24.4 Å². The van der Waals surface area contributed by atoms with Gasteiger partial charge >= 0.3 is 6.03 Å². The smallest absolute Gasteiger partial charge is 0.322 e. The first-order valence-corrected chi connectivity index (χ1v) is 11.3. The third-order valence-corrected chi connectivity index (χ3v) is 7.23. The van der Waals surface area contributed by atoms with Crippen molar-refractivity contribution in [3.05, 3.63) is 45.3 Å². The summed E-state index contributed by atoms with van der Waals surface area (Å²) in [6.07, 6.45) is 1.87. The molecule has 164 valence electrons. The van der Waals surface area contributed by atoms with Gasteiger partial charge in [0, 0.05) is 37.3 Å². The molecule has 1 atom stereocenters. The lowest BCUT2D eigenvalue weighted by Crippen LogP contribution is -2.49. The van der Waals surface area contributed by atoms with Crippen LogP contribution in [0.2, 0.25) is 0 Å². The summed E-state index contributed by atoms with van der Waals surface area (Å²) >= 11 is 1.27. The van der Waals surface area contributed by atoms with E-state index < -0.39 is 11.6 Å². The second-order valence-electron chi connectivity index (χ2n) is 8.47. The lowest BCUT2D eigenvalue weighted by Gasteiger charge is -2.36. The van der Waals surface area contributed by atoms with Gasteiger partial charge in [-0.05, 0) is 43.0 Å². The highest BCUT2D eigenvalue weighted by atomic mass is 32.1. The predicted molar refractivity (Wildman–Crippen MR) is 119 cm³/mol. The summed E-state index contributed by atoms with van der Waals surface area (Å²) in [7, 11) is 0. The number of aryl methyl sites for hydroxylation is 2. The number of carbonyl (C=O) groups excluding carboxylic acids is 3. The molecule has 2 N–H and O–H groups in total. The van der Waals surface area contributed by atoms with Gasteiger partial charge in [0.25, 0.3) is 11.8 Å². The maximum Gasteiger partial charge on any atom is 0.322 e. The van der Waals surface area contributed by atoms with Crippen LogP contribution in [0, 0.1) is 19.8 Å². The zero-order valence-electron chi connectivity index (χ0n) is 18.2. The van der Waals surface area contributed by atoms with E-state index in [0.717, 1.165) is 30.0 Å². The third-order valence-electron chi connectivity index (χ3n) is 6.02. The Labute approximate surface area is 185 Å². The predicted octanol–water partition coefficient (Wildman–Crippen LogP) is 2.41. The van der Waals surface area contributed by atoms with E-state index in [1.807, 2.05) is 31.9 Å². The molecule has 8 nitrogen and oxygen atoms in total. The van der Waals surface area contributed by atoms with Gasteiger partial charge in [-0.3, -0.25) is 14.9 Å². The lowest BCUT2D eigenvalue weighted by molar-refractivity contribution is -0.125. The summed E-state index contributed by atoms with van der Waals surface area (Å²) < 4.78 is 0. The largest absolute Gasteiger partial charge is 0.353 e. The van der Waals surface area contributed by atoms with Crippen LogP contribution < -0.4 is 15.5 Å². The number of urea groups is 1. The van der Waals surface area contributed by atoms with Crippen LogP contribution in [-0.4, -0.2) is 53.9 Å². The average Bonchev–Trinajstić information content (AvgIpc) is 3.32. The van der Waals surface area contributed by atoms with E-state index in [1.54, 1.807) is 12.1 Å². The Morgan fingerprint density at radius 2 is 1.87 bits per heavy atom. The number of amides is 4. The summed E-state index contributed by atoms with van der Waals surface area (Å²) in [5.41, 5.74) is 1.14. The van der Waals surface area contributed by atoms with Crippen LogP contribution in [0.5, 0.6) is 0 Å². The zero-order chi connectivity index (χ0) is 22.3. The number of hydrogen-bond acceptors (Lipinski definition) is 6. The average molecular weight is 442 g/mol. The Kier molecular flexibility index (Phi) is 5.47. The number of pyridine rings is 1. The van der Waals surface area contributed by atoms with Crippen molar-refractivity contribution in [3.63, 3.8) is 0 Å². The minimum atomic E-state index is -1.13. The summed E-state index contributed by atoms with van der Waals surface area (Å²) in [5, 5.41) is 5.10. The van der Waals surface area contributed by atoms with E-state index in [1.165, 1.54) is 11.3 Å². The monoisotopic (exact) mass is 441 g/mol. The molecule has 0 saturated carbocycles. The van der Waals surface area contributed by atoms with E-state index in [2.05, 4.69) is 33.5 Å².